The molecule has 0 fully saturated rings. The van der Waals surface area contributed by atoms with Gasteiger partial charge in [-0.1, -0.05) is 178 Å². The molecule has 0 unspecified atom stereocenters. The smallest absolute Gasteiger partial charge is 0.0541 e. The van der Waals surface area contributed by atoms with E-state index in [4.69, 9.17) is 0 Å². The highest BCUT2D eigenvalue weighted by atomic mass is 15.1. The minimum Gasteiger partial charge on any atom is -0.310 e. The van der Waals surface area contributed by atoms with Crippen LogP contribution in [0.1, 0.15) is 25.0 Å². The van der Waals surface area contributed by atoms with E-state index in [1.165, 1.54) is 87.9 Å². The molecule has 0 spiro atoms. The molecule has 0 saturated heterocycles. The number of rotatable bonds is 6. The van der Waals surface area contributed by atoms with Crippen LogP contribution in [0.3, 0.4) is 0 Å². The van der Waals surface area contributed by atoms with E-state index in [1.807, 2.05) is 0 Å². The predicted molar refractivity (Wildman–Crippen MR) is 259 cm³/mol. The molecule has 0 radical (unpaired) electrons. The van der Waals surface area contributed by atoms with Gasteiger partial charge in [-0.15, -0.1) is 0 Å². The molecule has 1 aliphatic rings. The van der Waals surface area contributed by atoms with Crippen LogP contribution in [0.25, 0.3) is 82.4 Å². The fourth-order valence-corrected chi connectivity index (χ4v) is 10.3. The molecule has 11 aromatic rings. The first-order chi connectivity index (χ1) is 30.0. The number of fused-ring (bicyclic) bond motifs is 9. The zero-order chi connectivity index (χ0) is 40.7. The van der Waals surface area contributed by atoms with Crippen LogP contribution in [0, 0.1) is 0 Å². The van der Waals surface area contributed by atoms with Crippen molar-refractivity contribution in [3.63, 3.8) is 0 Å². The van der Waals surface area contributed by atoms with E-state index >= 15 is 0 Å². The molecule has 10 aromatic carbocycles. The number of para-hydroxylation sites is 2. The van der Waals surface area contributed by atoms with Crippen molar-refractivity contribution in [3.8, 4) is 39.1 Å². The van der Waals surface area contributed by atoms with Crippen LogP contribution < -0.4 is 4.90 Å². The number of aromatic nitrogens is 1. The van der Waals surface area contributed by atoms with Gasteiger partial charge in [-0.25, -0.2) is 0 Å². The molecule has 0 aliphatic heterocycles. The lowest BCUT2D eigenvalue weighted by atomic mass is 9.82. The lowest BCUT2D eigenvalue weighted by Gasteiger charge is -2.27. The van der Waals surface area contributed by atoms with E-state index in [0.29, 0.717) is 0 Å². The van der Waals surface area contributed by atoms with Gasteiger partial charge < -0.3 is 9.47 Å². The second kappa shape index (κ2) is 13.7. The predicted octanol–water partition coefficient (Wildman–Crippen LogP) is 16.2. The summed E-state index contributed by atoms with van der Waals surface area (Å²) in [7, 11) is 0. The summed E-state index contributed by atoms with van der Waals surface area (Å²) in [6.07, 6.45) is 0. The summed E-state index contributed by atoms with van der Waals surface area (Å²) in [5.41, 5.74) is 17.1. The van der Waals surface area contributed by atoms with E-state index in [2.05, 4.69) is 242 Å². The quantitative estimate of drug-likeness (QED) is 0.153. The monoisotopic (exact) mass is 778 g/mol. The van der Waals surface area contributed by atoms with Crippen LogP contribution in [-0.2, 0) is 5.41 Å². The summed E-state index contributed by atoms with van der Waals surface area (Å²) in [5.74, 6) is 0. The molecule has 12 rings (SSSR count). The van der Waals surface area contributed by atoms with Crippen LogP contribution in [-0.4, -0.2) is 4.57 Å². The average molecular weight is 779 g/mol. The van der Waals surface area contributed by atoms with E-state index in [1.54, 1.807) is 0 Å². The summed E-state index contributed by atoms with van der Waals surface area (Å²) in [6, 6.07) is 80.4. The van der Waals surface area contributed by atoms with Crippen molar-refractivity contribution in [3.05, 3.63) is 230 Å². The Morgan fingerprint density at radius 1 is 0.361 bits per heavy atom. The van der Waals surface area contributed by atoms with Crippen LogP contribution in [0.4, 0.5) is 17.1 Å². The van der Waals surface area contributed by atoms with Crippen LogP contribution in [0.2, 0.25) is 0 Å². The summed E-state index contributed by atoms with van der Waals surface area (Å²) < 4.78 is 2.40. The van der Waals surface area contributed by atoms with E-state index in [9.17, 15) is 0 Å². The lowest BCUT2D eigenvalue weighted by molar-refractivity contribution is 0.660. The van der Waals surface area contributed by atoms with Crippen molar-refractivity contribution < 1.29 is 0 Å². The third-order valence-corrected chi connectivity index (χ3v) is 13.2. The minimum atomic E-state index is -0.0496. The van der Waals surface area contributed by atoms with Gasteiger partial charge >= 0.3 is 0 Å². The summed E-state index contributed by atoms with van der Waals surface area (Å²) in [6.45, 7) is 4.70. The van der Waals surface area contributed by atoms with Crippen LogP contribution in [0.15, 0.2) is 218 Å². The number of hydrogen-bond donors (Lipinski definition) is 0. The normalized spacial score (nSPS) is 12.9. The number of benzene rings is 10. The zero-order valence-corrected chi connectivity index (χ0v) is 34.2. The Hall–Kier alpha value is -7.68. The van der Waals surface area contributed by atoms with Crippen molar-refractivity contribution in [2.24, 2.45) is 0 Å². The van der Waals surface area contributed by atoms with Crippen LogP contribution >= 0.6 is 0 Å². The van der Waals surface area contributed by atoms with Gasteiger partial charge in [0, 0.05) is 38.9 Å². The molecule has 0 amide bonds. The average Bonchev–Trinajstić information content (AvgIpc) is 3.78. The first kappa shape index (κ1) is 35.3. The van der Waals surface area contributed by atoms with E-state index in [-0.39, 0.29) is 5.41 Å². The van der Waals surface area contributed by atoms with E-state index in [0.717, 1.165) is 22.7 Å². The van der Waals surface area contributed by atoms with Crippen molar-refractivity contribution in [1.82, 2.24) is 4.57 Å². The van der Waals surface area contributed by atoms with E-state index < -0.39 is 0 Å². The maximum atomic E-state index is 2.40. The Morgan fingerprint density at radius 2 is 0.902 bits per heavy atom. The van der Waals surface area contributed by atoms with Gasteiger partial charge in [0.05, 0.1) is 11.0 Å². The SMILES string of the molecule is CC1(C)c2ccccc2-c2c(-c3ccc(N(c4ccc(-c5cccc6c5ccc5ccccc56)cc4)c4cccc(-n5c6ccccc6c6ccccc65)c4)cc3)cccc21. The largest absolute Gasteiger partial charge is 0.310 e. The molecular formula is C59H42N2. The maximum Gasteiger partial charge on any atom is 0.0541 e. The molecule has 1 aliphatic carbocycles. The Labute approximate surface area is 356 Å². The lowest BCUT2D eigenvalue weighted by Crippen LogP contribution is -2.14. The van der Waals surface area contributed by atoms with Gasteiger partial charge in [0.15, 0.2) is 0 Å². The standard InChI is InChI=1S/C59H42N2/c1-59(2)54-24-8-5-20-53(54)58-48(22-13-25-55(58)59)41-30-35-43(36-31-41)60(44-15-11-16-45(38-44)61-56-26-9-6-18-51(56)52-19-7-10-27-57(52)61)42-33-28-40(29-34-42)47-21-12-23-49-46-17-4-3-14-39(46)32-37-50(47)49/h3-38H,1-2H3. The third-order valence-electron chi connectivity index (χ3n) is 13.2. The number of nitrogens with zero attached hydrogens (tertiary/aromatic N) is 2. The first-order valence-electron chi connectivity index (χ1n) is 21.3. The number of anilines is 3. The molecule has 1 heterocycles. The summed E-state index contributed by atoms with van der Waals surface area (Å²) in [4.78, 5) is 2.40. The molecule has 0 N–H and O–H groups in total. The Bertz CT molecular complexity index is 3440. The van der Waals surface area contributed by atoms with Crippen LogP contribution in [0.5, 0.6) is 0 Å². The van der Waals surface area contributed by atoms with Crippen molar-refractivity contribution in [2.75, 3.05) is 4.90 Å². The fourth-order valence-electron chi connectivity index (χ4n) is 10.3. The third kappa shape index (κ3) is 5.49. The number of hydrogen-bond acceptors (Lipinski definition) is 1. The zero-order valence-electron chi connectivity index (χ0n) is 34.2. The molecule has 2 nitrogen and oxygen atoms in total. The Kier molecular flexibility index (Phi) is 7.92. The topological polar surface area (TPSA) is 8.17 Å². The van der Waals surface area contributed by atoms with Crippen molar-refractivity contribution in [1.29, 1.82) is 0 Å². The highest BCUT2D eigenvalue weighted by molar-refractivity contribution is 6.12. The molecule has 0 atom stereocenters. The van der Waals surface area contributed by atoms with Gasteiger partial charge in [0.1, 0.15) is 0 Å². The second-order valence-electron chi connectivity index (χ2n) is 16.9. The molecule has 0 bridgehead atoms. The first-order valence-corrected chi connectivity index (χ1v) is 21.3. The Morgan fingerprint density at radius 3 is 1.64 bits per heavy atom. The second-order valence-corrected chi connectivity index (χ2v) is 16.9. The highest BCUT2D eigenvalue weighted by Gasteiger charge is 2.36. The molecule has 2 heteroatoms. The minimum absolute atomic E-state index is 0.0496. The van der Waals surface area contributed by atoms with Crippen molar-refractivity contribution >= 4 is 60.4 Å². The van der Waals surface area contributed by atoms with Gasteiger partial charge in [-0.05, 0) is 121 Å². The van der Waals surface area contributed by atoms with Gasteiger partial charge in [0.2, 0.25) is 0 Å². The summed E-state index contributed by atoms with van der Waals surface area (Å²) >= 11 is 0. The fraction of sp³-hybridized carbons (Fsp3) is 0.0508. The molecule has 0 saturated carbocycles. The highest BCUT2D eigenvalue weighted by Crippen LogP contribution is 2.52. The van der Waals surface area contributed by atoms with Crippen molar-refractivity contribution in [2.45, 2.75) is 19.3 Å². The molecular weight excluding hydrogens is 737 g/mol. The van der Waals surface area contributed by atoms with Gasteiger partial charge in [-0.2, -0.15) is 0 Å². The van der Waals surface area contributed by atoms with Gasteiger partial charge in [-0.3, -0.25) is 0 Å². The molecule has 61 heavy (non-hydrogen) atoms. The summed E-state index contributed by atoms with van der Waals surface area (Å²) in [5, 5.41) is 7.60. The maximum absolute atomic E-state index is 2.40. The molecule has 1 aromatic heterocycles. The Balaban J connectivity index is 0.999. The van der Waals surface area contributed by atoms with Gasteiger partial charge in [0.25, 0.3) is 0 Å². The molecule has 288 valence electrons.